The standard InChI is InChI=1S/C16H18FNO/c1-12-10-15(17)7-6-14(12)11-19-9-8-13-4-2-3-5-16(13)18/h2-7,10H,8-9,11,18H2,1H3. The first-order chi connectivity index (χ1) is 9.16. The molecular formula is C16H18FNO. The molecule has 0 heterocycles. The van der Waals surface area contributed by atoms with Gasteiger partial charge in [-0.1, -0.05) is 24.3 Å². The third-order valence-corrected chi connectivity index (χ3v) is 3.13. The van der Waals surface area contributed by atoms with Crippen molar-refractivity contribution in [3.8, 4) is 0 Å². The van der Waals surface area contributed by atoms with Crippen molar-refractivity contribution in [2.45, 2.75) is 20.0 Å². The van der Waals surface area contributed by atoms with Gasteiger partial charge >= 0.3 is 0 Å². The maximum absolute atomic E-state index is 12.9. The lowest BCUT2D eigenvalue weighted by Crippen LogP contribution is -2.02. The molecule has 0 aromatic heterocycles. The Morgan fingerprint density at radius 2 is 1.89 bits per heavy atom. The van der Waals surface area contributed by atoms with Gasteiger partial charge in [0, 0.05) is 5.69 Å². The quantitative estimate of drug-likeness (QED) is 0.659. The van der Waals surface area contributed by atoms with E-state index < -0.39 is 0 Å². The third kappa shape index (κ3) is 3.80. The smallest absolute Gasteiger partial charge is 0.123 e. The van der Waals surface area contributed by atoms with Crippen molar-refractivity contribution in [1.82, 2.24) is 0 Å². The highest BCUT2D eigenvalue weighted by atomic mass is 19.1. The highest BCUT2D eigenvalue weighted by molar-refractivity contribution is 5.46. The summed E-state index contributed by atoms with van der Waals surface area (Å²) < 4.78 is 18.6. The highest BCUT2D eigenvalue weighted by Gasteiger charge is 2.01. The van der Waals surface area contributed by atoms with Gasteiger partial charge in [0.05, 0.1) is 13.2 Å². The molecule has 2 rings (SSSR count). The number of hydrogen-bond donors (Lipinski definition) is 1. The minimum Gasteiger partial charge on any atom is -0.399 e. The molecule has 0 bridgehead atoms. The molecule has 2 aromatic rings. The Labute approximate surface area is 113 Å². The summed E-state index contributed by atoms with van der Waals surface area (Å²) in [6, 6.07) is 12.5. The van der Waals surface area contributed by atoms with Gasteiger partial charge < -0.3 is 10.5 Å². The van der Waals surface area contributed by atoms with E-state index in [1.165, 1.54) is 12.1 Å². The van der Waals surface area contributed by atoms with Gasteiger partial charge in [0.1, 0.15) is 5.82 Å². The Kier molecular flexibility index (Phi) is 4.53. The Balaban J connectivity index is 1.83. The summed E-state index contributed by atoms with van der Waals surface area (Å²) in [7, 11) is 0. The van der Waals surface area contributed by atoms with E-state index in [0.29, 0.717) is 13.2 Å². The highest BCUT2D eigenvalue weighted by Crippen LogP contribution is 2.13. The maximum atomic E-state index is 12.9. The fourth-order valence-corrected chi connectivity index (χ4v) is 1.95. The van der Waals surface area contributed by atoms with Gasteiger partial charge in [0.2, 0.25) is 0 Å². The Hall–Kier alpha value is -1.87. The molecule has 2 aromatic carbocycles. The second kappa shape index (κ2) is 6.34. The predicted molar refractivity (Wildman–Crippen MR) is 75.4 cm³/mol. The SMILES string of the molecule is Cc1cc(F)ccc1COCCc1ccccc1N. The summed E-state index contributed by atoms with van der Waals surface area (Å²) >= 11 is 0. The van der Waals surface area contributed by atoms with E-state index in [1.807, 2.05) is 31.2 Å². The summed E-state index contributed by atoms with van der Waals surface area (Å²) in [6.07, 6.45) is 0.785. The molecule has 0 amide bonds. The van der Waals surface area contributed by atoms with Crippen LogP contribution in [0.3, 0.4) is 0 Å². The number of anilines is 1. The summed E-state index contributed by atoms with van der Waals surface area (Å²) in [5.74, 6) is -0.210. The van der Waals surface area contributed by atoms with Crippen molar-refractivity contribution in [3.05, 3.63) is 65.0 Å². The number of nitrogens with two attached hydrogens (primary N) is 1. The summed E-state index contributed by atoms with van der Waals surface area (Å²) in [4.78, 5) is 0. The van der Waals surface area contributed by atoms with E-state index in [9.17, 15) is 4.39 Å². The van der Waals surface area contributed by atoms with E-state index in [4.69, 9.17) is 10.5 Å². The molecule has 0 aliphatic carbocycles. The van der Waals surface area contributed by atoms with Crippen molar-refractivity contribution in [2.24, 2.45) is 0 Å². The Bertz CT molecular complexity index is 554. The monoisotopic (exact) mass is 259 g/mol. The first-order valence-corrected chi connectivity index (χ1v) is 6.33. The van der Waals surface area contributed by atoms with Crippen LogP contribution in [0.1, 0.15) is 16.7 Å². The largest absolute Gasteiger partial charge is 0.399 e. The molecule has 0 aliphatic rings. The molecular weight excluding hydrogens is 241 g/mol. The topological polar surface area (TPSA) is 35.2 Å². The summed E-state index contributed by atoms with van der Waals surface area (Å²) in [5.41, 5.74) is 9.68. The molecule has 0 radical (unpaired) electrons. The molecule has 0 spiro atoms. The van der Waals surface area contributed by atoms with Gasteiger partial charge in [-0.15, -0.1) is 0 Å². The summed E-state index contributed by atoms with van der Waals surface area (Å²) in [6.45, 7) is 2.99. The van der Waals surface area contributed by atoms with Crippen molar-refractivity contribution >= 4 is 5.69 Å². The fraction of sp³-hybridized carbons (Fsp3) is 0.250. The van der Waals surface area contributed by atoms with Crippen molar-refractivity contribution in [1.29, 1.82) is 0 Å². The Morgan fingerprint density at radius 1 is 1.11 bits per heavy atom. The van der Waals surface area contributed by atoms with Gasteiger partial charge in [-0.05, 0) is 48.2 Å². The number of para-hydroxylation sites is 1. The molecule has 0 saturated heterocycles. The van der Waals surface area contributed by atoms with Crippen LogP contribution in [0.4, 0.5) is 10.1 Å². The molecule has 2 N–H and O–H groups in total. The number of halogens is 1. The first-order valence-electron chi connectivity index (χ1n) is 6.33. The predicted octanol–water partition coefficient (Wildman–Crippen LogP) is 3.48. The van der Waals surface area contributed by atoms with Crippen LogP contribution < -0.4 is 5.73 Å². The van der Waals surface area contributed by atoms with Gasteiger partial charge in [0.15, 0.2) is 0 Å². The zero-order chi connectivity index (χ0) is 13.7. The number of nitrogen functional groups attached to an aromatic ring is 1. The molecule has 100 valence electrons. The second-order valence-corrected chi connectivity index (χ2v) is 4.57. The van der Waals surface area contributed by atoms with Crippen molar-refractivity contribution in [2.75, 3.05) is 12.3 Å². The Morgan fingerprint density at radius 3 is 2.63 bits per heavy atom. The minimum absolute atomic E-state index is 0.210. The molecule has 0 aliphatic heterocycles. The number of hydrogen-bond acceptors (Lipinski definition) is 2. The normalized spacial score (nSPS) is 10.6. The van der Waals surface area contributed by atoms with Gasteiger partial charge in [0.25, 0.3) is 0 Å². The van der Waals surface area contributed by atoms with Crippen LogP contribution in [0.25, 0.3) is 0 Å². The van der Waals surface area contributed by atoms with Crippen molar-refractivity contribution < 1.29 is 9.13 Å². The second-order valence-electron chi connectivity index (χ2n) is 4.57. The van der Waals surface area contributed by atoms with E-state index in [0.717, 1.165) is 28.8 Å². The number of aryl methyl sites for hydroxylation is 1. The van der Waals surface area contributed by atoms with Gasteiger partial charge in [-0.25, -0.2) is 4.39 Å². The van der Waals surface area contributed by atoms with Crippen molar-refractivity contribution in [3.63, 3.8) is 0 Å². The van der Waals surface area contributed by atoms with Gasteiger partial charge in [-0.2, -0.15) is 0 Å². The van der Waals surface area contributed by atoms with Crippen LogP contribution in [0, 0.1) is 12.7 Å². The lowest BCUT2D eigenvalue weighted by molar-refractivity contribution is 0.123. The van der Waals surface area contributed by atoms with Crippen LogP contribution in [0.2, 0.25) is 0 Å². The van der Waals surface area contributed by atoms with E-state index in [2.05, 4.69) is 0 Å². The average Bonchev–Trinajstić information content (AvgIpc) is 2.38. The molecule has 19 heavy (non-hydrogen) atoms. The molecule has 2 nitrogen and oxygen atoms in total. The minimum atomic E-state index is -0.210. The maximum Gasteiger partial charge on any atom is 0.123 e. The fourth-order valence-electron chi connectivity index (χ4n) is 1.95. The lowest BCUT2D eigenvalue weighted by atomic mass is 10.1. The zero-order valence-corrected chi connectivity index (χ0v) is 11.0. The van der Waals surface area contributed by atoms with E-state index >= 15 is 0 Å². The van der Waals surface area contributed by atoms with Crippen LogP contribution in [0.5, 0.6) is 0 Å². The molecule has 3 heteroatoms. The molecule has 0 atom stereocenters. The van der Waals surface area contributed by atoms with Crippen LogP contribution in [-0.4, -0.2) is 6.61 Å². The zero-order valence-electron chi connectivity index (χ0n) is 11.0. The third-order valence-electron chi connectivity index (χ3n) is 3.13. The molecule has 0 saturated carbocycles. The van der Waals surface area contributed by atoms with Crippen LogP contribution in [-0.2, 0) is 17.8 Å². The first kappa shape index (κ1) is 13.6. The summed E-state index contributed by atoms with van der Waals surface area (Å²) in [5, 5.41) is 0. The number of rotatable bonds is 5. The van der Waals surface area contributed by atoms with Crippen LogP contribution >= 0.6 is 0 Å². The average molecular weight is 259 g/mol. The van der Waals surface area contributed by atoms with E-state index in [-0.39, 0.29) is 5.82 Å². The number of ether oxygens (including phenoxy) is 1. The van der Waals surface area contributed by atoms with Crippen LogP contribution in [0.15, 0.2) is 42.5 Å². The molecule has 0 fully saturated rings. The van der Waals surface area contributed by atoms with E-state index in [1.54, 1.807) is 6.07 Å². The van der Waals surface area contributed by atoms with Gasteiger partial charge in [-0.3, -0.25) is 0 Å². The molecule has 0 unspecified atom stereocenters. The lowest BCUT2D eigenvalue weighted by Gasteiger charge is -2.08. The number of benzene rings is 2.